The molecule has 0 aromatic heterocycles. The van der Waals surface area contributed by atoms with E-state index in [9.17, 15) is 0 Å². The van der Waals surface area contributed by atoms with Crippen molar-refractivity contribution in [2.24, 2.45) is 0 Å². The molecule has 1 N–H and O–H groups in total. The normalized spacial score (nSPS) is 10.1. The number of halogens is 1. The van der Waals surface area contributed by atoms with E-state index >= 15 is 0 Å². The van der Waals surface area contributed by atoms with Gasteiger partial charge in [0.25, 0.3) is 0 Å². The van der Waals surface area contributed by atoms with Crippen LogP contribution in [0.3, 0.4) is 0 Å². The van der Waals surface area contributed by atoms with Crippen molar-refractivity contribution in [2.75, 3.05) is 6.61 Å². The Balaban J connectivity index is 2.91. The molecule has 3 heteroatoms. The molecule has 72 valence electrons. The second-order valence-electron chi connectivity index (χ2n) is 2.66. The molecule has 0 spiro atoms. The van der Waals surface area contributed by atoms with Crippen molar-refractivity contribution in [1.82, 2.24) is 0 Å². The van der Waals surface area contributed by atoms with Crippen molar-refractivity contribution < 1.29 is 9.84 Å². The molecule has 0 bridgehead atoms. The van der Waals surface area contributed by atoms with Gasteiger partial charge in [0.05, 0.1) is 13.2 Å². The summed E-state index contributed by atoms with van der Waals surface area (Å²) in [5.74, 6) is 0.856. The van der Waals surface area contributed by atoms with Gasteiger partial charge in [-0.15, -0.1) is 0 Å². The lowest BCUT2D eigenvalue weighted by molar-refractivity contribution is 0.280. The SMILES string of the molecule is CCOc1ccc(CO)c(CBr)c1. The number of hydrogen-bond donors (Lipinski definition) is 1. The van der Waals surface area contributed by atoms with Crippen LogP contribution in [0.15, 0.2) is 18.2 Å². The summed E-state index contributed by atoms with van der Waals surface area (Å²) in [6.07, 6.45) is 0. The molecule has 0 atom stereocenters. The molecule has 0 radical (unpaired) electrons. The first kappa shape index (κ1) is 10.5. The fourth-order valence-electron chi connectivity index (χ4n) is 1.14. The Morgan fingerprint density at radius 3 is 2.69 bits per heavy atom. The smallest absolute Gasteiger partial charge is 0.119 e. The Labute approximate surface area is 86.7 Å². The van der Waals surface area contributed by atoms with Crippen molar-refractivity contribution in [3.05, 3.63) is 29.3 Å². The van der Waals surface area contributed by atoms with Crippen LogP contribution in [-0.4, -0.2) is 11.7 Å². The first-order valence-electron chi connectivity index (χ1n) is 4.23. The molecule has 0 aliphatic rings. The van der Waals surface area contributed by atoms with E-state index in [1.54, 1.807) is 0 Å². The maximum atomic E-state index is 9.01. The van der Waals surface area contributed by atoms with Gasteiger partial charge in [-0.05, 0) is 30.2 Å². The van der Waals surface area contributed by atoms with Crippen LogP contribution in [0.1, 0.15) is 18.1 Å². The maximum Gasteiger partial charge on any atom is 0.119 e. The van der Waals surface area contributed by atoms with E-state index in [0.717, 1.165) is 22.2 Å². The highest BCUT2D eigenvalue weighted by Gasteiger charge is 2.01. The Morgan fingerprint density at radius 1 is 1.38 bits per heavy atom. The lowest BCUT2D eigenvalue weighted by Crippen LogP contribution is -1.95. The van der Waals surface area contributed by atoms with Gasteiger partial charge in [-0.25, -0.2) is 0 Å². The van der Waals surface area contributed by atoms with E-state index < -0.39 is 0 Å². The summed E-state index contributed by atoms with van der Waals surface area (Å²) < 4.78 is 5.35. The van der Waals surface area contributed by atoms with Crippen LogP contribution in [0.25, 0.3) is 0 Å². The van der Waals surface area contributed by atoms with Gasteiger partial charge in [0.15, 0.2) is 0 Å². The minimum Gasteiger partial charge on any atom is -0.494 e. The van der Waals surface area contributed by atoms with Crippen molar-refractivity contribution in [3.8, 4) is 5.75 Å². The molecule has 0 fully saturated rings. The predicted octanol–water partition coefficient (Wildman–Crippen LogP) is 2.47. The highest BCUT2D eigenvalue weighted by molar-refractivity contribution is 9.08. The summed E-state index contributed by atoms with van der Waals surface area (Å²) in [6, 6.07) is 5.71. The highest BCUT2D eigenvalue weighted by atomic mass is 79.9. The second kappa shape index (κ2) is 5.25. The quantitative estimate of drug-likeness (QED) is 0.825. The first-order chi connectivity index (χ1) is 6.31. The Bertz CT molecular complexity index is 274. The van der Waals surface area contributed by atoms with Crippen LogP contribution in [0.4, 0.5) is 0 Å². The van der Waals surface area contributed by atoms with Gasteiger partial charge in [0.2, 0.25) is 0 Å². The van der Waals surface area contributed by atoms with E-state index in [4.69, 9.17) is 9.84 Å². The summed E-state index contributed by atoms with van der Waals surface area (Å²) in [5, 5.41) is 9.75. The van der Waals surface area contributed by atoms with Crippen molar-refractivity contribution >= 4 is 15.9 Å². The zero-order chi connectivity index (χ0) is 9.68. The van der Waals surface area contributed by atoms with Gasteiger partial charge in [0.1, 0.15) is 5.75 Å². The number of alkyl halides is 1. The van der Waals surface area contributed by atoms with E-state index in [2.05, 4.69) is 15.9 Å². The van der Waals surface area contributed by atoms with Gasteiger partial charge in [0, 0.05) is 5.33 Å². The number of aliphatic hydroxyl groups excluding tert-OH is 1. The average molecular weight is 245 g/mol. The second-order valence-corrected chi connectivity index (χ2v) is 3.22. The van der Waals surface area contributed by atoms with Crippen LogP contribution in [0.5, 0.6) is 5.75 Å². The molecular weight excluding hydrogens is 232 g/mol. The molecule has 13 heavy (non-hydrogen) atoms. The van der Waals surface area contributed by atoms with Crippen LogP contribution in [0.2, 0.25) is 0 Å². The Hall–Kier alpha value is -0.540. The fourth-order valence-corrected chi connectivity index (χ4v) is 1.66. The molecule has 0 amide bonds. The molecule has 0 saturated carbocycles. The van der Waals surface area contributed by atoms with Gasteiger partial charge < -0.3 is 9.84 Å². The lowest BCUT2D eigenvalue weighted by Gasteiger charge is -2.08. The summed E-state index contributed by atoms with van der Waals surface area (Å²) in [4.78, 5) is 0. The molecule has 0 saturated heterocycles. The zero-order valence-electron chi connectivity index (χ0n) is 7.59. The fraction of sp³-hybridized carbons (Fsp3) is 0.400. The Morgan fingerprint density at radius 2 is 2.15 bits per heavy atom. The first-order valence-corrected chi connectivity index (χ1v) is 5.35. The van der Waals surface area contributed by atoms with Gasteiger partial charge in [-0.3, -0.25) is 0 Å². The summed E-state index contributed by atoms with van der Waals surface area (Å²) in [6.45, 7) is 2.70. The number of ether oxygens (including phenoxy) is 1. The van der Waals surface area contributed by atoms with Crippen LogP contribution >= 0.6 is 15.9 Å². The van der Waals surface area contributed by atoms with Crippen molar-refractivity contribution in [3.63, 3.8) is 0 Å². The molecule has 0 aliphatic carbocycles. The average Bonchev–Trinajstić information content (AvgIpc) is 2.18. The monoisotopic (exact) mass is 244 g/mol. The van der Waals surface area contributed by atoms with Crippen LogP contribution in [-0.2, 0) is 11.9 Å². The van der Waals surface area contributed by atoms with Crippen LogP contribution < -0.4 is 4.74 Å². The van der Waals surface area contributed by atoms with Gasteiger partial charge in [-0.2, -0.15) is 0 Å². The summed E-state index contributed by atoms with van der Waals surface area (Å²) in [5.41, 5.74) is 2.02. The topological polar surface area (TPSA) is 29.5 Å². The molecule has 0 heterocycles. The largest absolute Gasteiger partial charge is 0.494 e. The standard InChI is InChI=1S/C10H13BrO2/c1-2-13-10-4-3-8(7-12)9(5-10)6-11/h3-5,12H,2,6-7H2,1H3. The highest BCUT2D eigenvalue weighted by Crippen LogP contribution is 2.20. The van der Waals surface area contributed by atoms with Crippen LogP contribution in [0, 0.1) is 0 Å². The van der Waals surface area contributed by atoms with E-state index in [-0.39, 0.29) is 6.61 Å². The number of hydrogen-bond acceptors (Lipinski definition) is 2. The maximum absolute atomic E-state index is 9.01. The molecule has 1 rings (SSSR count). The zero-order valence-corrected chi connectivity index (χ0v) is 9.17. The van der Waals surface area contributed by atoms with Gasteiger partial charge >= 0.3 is 0 Å². The number of rotatable bonds is 4. The van der Waals surface area contributed by atoms with Crippen molar-refractivity contribution in [1.29, 1.82) is 0 Å². The molecule has 0 aliphatic heterocycles. The minimum atomic E-state index is 0.0767. The van der Waals surface area contributed by atoms with E-state index in [1.807, 2.05) is 25.1 Å². The van der Waals surface area contributed by atoms with Crippen molar-refractivity contribution in [2.45, 2.75) is 18.9 Å². The molecule has 0 unspecified atom stereocenters. The lowest BCUT2D eigenvalue weighted by atomic mass is 10.1. The summed E-state index contributed by atoms with van der Waals surface area (Å²) in [7, 11) is 0. The molecule has 1 aromatic carbocycles. The Kier molecular flexibility index (Phi) is 4.25. The number of aliphatic hydroxyl groups is 1. The molecule has 2 nitrogen and oxygen atoms in total. The summed E-state index contributed by atoms with van der Waals surface area (Å²) >= 11 is 3.37. The predicted molar refractivity (Wildman–Crippen MR) is 56.2 cm³/mol. The third-order valence-corrected chi connectivity index (χ3v) is 2.41. The molecule has 1 aromatic rings. The third kappa shape index (κ3) is 2.71. The van der Waals surface area contributed by atoms with Gasteiger partial charge in [-0.1, -0.05) is 22.0 Å². The number of benzene rings is 1. The minimum absolute atomic E-state index is 0.0767. The molecular formula is C10H13BrO2. The third-order valence-electron chi connectivity index (χ3n) is 1.80. The van der Waals surface area contributed by atoms with E-state index in [1.165, 1.54) is 0 Å². The van der Waals surface area contributed by atoms with E-state index in [0.29, 0.717) is 6.61 Å².